The lowest BCUT2D eigenvalue weighted by Crippen LogP contribution is -2.15. The Morgan fingerprint density at radius 3 is 2.62 bits per heavy atom. The summed E-state index contributed by atoms with van der Waals surface area (Å²) in [5.41, 5.74) is 9.85. The standard InChI is InChI=1S/C21H21N7O/c1-3-15-20(23-12-14-8-5-4-6-9-14)24-21(26-25-15)18-13(2)27-28-16(18)10-7-11-17(28)19(22)29/h4-11H,3,12H2,1-2H3,(H2,22,29)(H,23,24,26). The molecule has 29 heavy (non-hydrogen) atoms. The first-order chi connectivity index (χ1) is 14.1. The van der Waals surface area contributed by atoms with Crippen LogP contribution in [0.3, 0.4) is 0 Å². The quantitative estimate of drug-likeness (QED) is 0.526. The first kappa shape index (κ1) is 18.5. The SMILES string of the molecule is CCc1nnc(-c2c(C)nn3c(C(N)=O)cccc23)nc1NCc1ccccc1. The molecule has 146 valence electrons. The number of nitrogens with two attached hydrogens (primary N) is 1. The van der Waals surface area contributed by atoms with Crippen molar-refractivity contribution in [2.75, 3.05) is 5.32 Å². The number of nitrogens with zero attached hydrogens (tertiary/aromatic N) is 5. The van der Waals surface area contributed by atoms with Gasteiger partial charge in [0, 0.05) is 6.54 Å². The maximum Gasteiger partial charge on any atom is 0.267 e. The van der Waals surface area contributed by atoms with Crippen molar-refractivity contribution in [3.63, 3.8) is 0 Å². The Bertz CT molecular complexity index is 1180. The van der Waals surface area contributed by atoms with Crippen LogP contribution in [0, 0.1) is 6.92 Å². The van der Waals surface area contributed by atoms with Gasteiger partial charge in [-0.25, -0.2) is 9.50 Å². The number of nitrogens with one attached hydrogen (secondary N) is 1. The second kappa shape index (κ2) is 7.67. The number of amides is 1. The molecule has 0 aliphatic carbocycles. The number of rotatable bonds is 6. The van der Waals surface area contributed by atoms with E-state index in [4.69, 9.17) is 10.7 Å². The van der Waals surface area contributed by atoms with Gasteiger partial charge in [-0.05, 0) is 31.0 Å². The number of anilines is 1. The third-order valence-electron chi connectivity index (χ3n) is 4.70. The normalized spacial score (nSPS) is 11.0. The third kappa shape index (κ3) is 3.52. The molecule has 1 aromatic carbocycles. The van der Waals surface area contributed by atoms with Gasteiger partial charge >= 0.3 is 0 Å². The average Bonchev–Trinajstić information content (AvgIpc) is 3.08. The fraction of sp³-hybridized carbons (Fsp3) is 0.190. The van der Waals surface area contributed by atoms with Gasteiger partial charge in [0.05, 0.1) is 16.8 Å². The highest BCUT2D eigenvalue weighted by molar-refractivity contribution is 5.93. The number of carbonyl (C=O) groups is 1. The third-order valence-corrected chi connectivity index (χ3v) is 4.70. The summed E-state index contributed by atoms with van der Waals surface area (Å²) in [6, 6.07) is 15.3. The highest BCUT2D eigenvalue weighted by atomic mass is 16.1. The van der Waals surface area contributed by atoms with Gasteiger partial charge in [-0.1, -0.05) is 43.3 Å². The number of primary amides is 1. The predicted octanol–water partition coefficient (Wildman–Crippen LogP) is 2.77. The summed E-state index contributed by atoms with van der Waals surface area (Å²) >= 11 is 0. The van der Waals surface area contributed by atoms with Crippen molar-refractivity contribution in [2.45, 2.75) is 26.8 Å². The lowest BCUT2D eigenvalue weighted by atomic mass is 10.2. The van der Waals surface area contributed by atoms with Gasteiger partial charge in [-0.3, -0.25) is 4.79 Å². The molecule has 0 unspecified atom stereocenters. The number of aromatic nitrogens is 5. The molecule has 0 saturated heterocycles. The molecule has 0 atom stereocenters. The molecule has 4 rings (SSSR count). The highest BCUT2D eigenvalue weighted by Gasteiger charge is 2.19. The van der Waals surface area contributed by atoms with Crippen molar-refractivity contribution in [2.24, 2.45) is 5.73 Å². The smallest absolute Gasteiger partial charge is 0.267 e. The minimum absolute atomic E-state index is 0.303. The van der Waals surface area contributed by atoms with Gasteiger partial charge in [0.1, 0.15) is 11.4 Å². The molecule has 0 aliphatic heterocycles. The molecule has 8 nitrogen and oxygen atoms in total. The van der Waals surface area contributed by atoms with Gasteiger partial charge in [-0.15, -0.1) is 10.2 Å². The maximum atomic E-state index is 11.7. The Labute approximate surface area is 167 Å². The van der Waals surface area contributed by atoms with Crippen LogP contribution in [0.4, 0.5) is 5.82 Å². The zero-order chi connectivity index (χ0) is 20.4. The summed E-state index contributed by atoms with van der Waals surface area (Å²) in [4.78, 5) is 16.5. The molecule has 0 spiro atoms. The van der Waals surface area contributed by atoms with Crippen LogP contribution in [0.15, 0.2) is 48.5 Å². The van der Waals surface area contributed by atoms with Crippen LogP contribution in [0.2, 0.25) is 0 Å². The lowest BCUT2D eigenvalue weighted by molar-refractivity contribution is 0.0993. The van der Waals surface area contributed by atoms with Gasteiger partial charge in [-0.2, -0.15) is 5.10 Å². The first-order valence-corrected chi connectivity index (χ1v) is 9.38. The summed E-state index contributed by atoms with van der Waals surface area (Å²) in [6.45, 7) is 4.49. The van der Waals surface area contributed by atoms with Crippen molar-refractivity contribution in [1.29, 1.82) is 0 Å². The van der Waals surface area contributed by atoms with E-state index in [2.05, 4.69) is 32.7 Å². The van der Waals surface area contributed by atoms with Crippen molar-refractivity contribution in [3.05, 3.63) is 71.2 Å². The van der Waals surface area contributed by atoms with Gasteiger partial charge in [0.15, 0.2) is 11.6 Å². The fourth-order valence-electron chi connectivity index (χ4n) is 3.26. The van der Waals surface area contributed by atoms with E-state index in [1.807, 2.05) is 38.1 Å². The zero-order valence-electron chi connectivity index (χ0n) is 16.3. The second-order valence-electron chi connectivity index (χ2n) is 6.66. The molecule has 0 bridgehead atoms. The molecule has 0 saturated carbocycles. The van der Waals surface area contributed by atoms with Crippen molar-refractivity contribution >= 4 is 17.2 Å². The summed E-state index contributed by atoms with van der Waals surface area (Å²) < 4.78 is 1.53. The van der Waals surface area contributed by atoms with E-state index in [0.717, 1.165) is 16.8 Å². The van der Waals surface area contributed by atoms with Crippen LogP contribution in [0.25, 0.3) is 16.9 Å². The van der Waals surface area contributed by atoms with Gasteiger partial charge < -0.3 is 11.1 Å². The van der Waals surface area contributed by atoms with E-state index >= 15 is 0 Å². The Morgan fingerprint density at radius 1 is 1.10 bits per heavy atom. The van der Waals surface area contributed by atoms with Crippen molar-refractivity contribution < 1.29 is 4.79 Å². The minimum Gasteiger partial charge on any atom is -0.364 e. The first-order valence-electron chi connectivity index (χ1n) is 9.38. The second-order valence-corrected chi connectivity index (χ2v) is 6.66. The van der Waals surface area contributed by atoms with E-state index in [1.165, 1.54) is 4.52 Å². The number of pyridine rings is 1. The monoisotopic (exact) mass is 387 g/mol. The average molecular weight is 387 g/mol. The Morgan fingerprint density at radius 2 is 1.90 bits per heavy atom. The summed E-state index contributed by atoms with van der Waals surface area (Å²) in [5.74, 6) is 0.591. The molecule has 1 amide bonds. The van der Waals surface area contributed by atoms with E-state index in [9.17, 15) is 4.79 Å². The summed E-state index contributed by atoms with van der Waals surface area (Å²) in [6.07, 6.45) is 0.705. The highest BCUT2D eigenvalue weighted by Crippen LogP contribution is 2.27. The Kier molecular flexibility index (Phi) is 4.90. The molecule has 4 aromatic rings. The van der Waals surface area contributed by atoms with E-state index in [0.29, 0.717) is 41.5 Å². The maximum absolute atomic E-state index is 11.7. The van der Waals surface area contributed by atoms with Crippen LogP contribution >= 0.6 is 0 Å². The number of hydrogen-bond donors (Lipinski definition) is 2. The Balaban J connectivity index is 1.77. The predicted molar refractivity (Wildman–Crippen MR) is 110 cm³/mol. The van der Waals surface area contributed by atoms with E-state index in [-0.39, 0.29) is 0 Å². The molecule has 3 N–H and O–H groups in total. The summed E-state index contributed by atoms with van der Waals surface area (Å²) in [7, 11) is 0. The number of fused-ring (bicyclic) bond motifs is 1. The van der Waals surface area contributed by atoms with Crippen molar-refractivity contribution in [1.82, 2.24) is 24.8 Å². The van der Waals surface area contributed by atoms with Gasteiger partial charge in [0.2, 0.25) is 0 Å². The zero-order valence-corrected chi connectivity index (χ0v) is 16.3. The Hall–Kier alpha value is -3.81. The topological polar surface area (TPSA) is 111 Å². The number of benzene rings is 1. The van der Waals surface area contributed by atoms with Crippen molar-refractivity contribution in [3.8, 4) is 11.4 Å². The fourth-order valence-corrected chi connectivity index (χ4v) is 3.26. The van der Waals surface area contributed by atoms with E-state index < -0.39 is 5.91 Å². The molecule has 8 heteroatoms. The van der Waals surface area contributed by atoms with Crippen LogP contribution < -0.4 is 11.1 Å². The van der Waals surface area contributed by atoms with E-state index in [1.54, 1.807) is 12.1 Å². The summed E-state index contributed by atoms with van der Waals surface area (Å²) in [5, 5.41) is 16.5. The molecule has 0 radical (unpaired) electrons. The van der Waals surface area contributed by atoms with Crippen LogP contribution in [-0.4, -0.2) is 30.7 Å². The largest absolute Gasteiger partial charge is 0.364 e. The molecule has 0 fully saturated rings. The van der Waals surface area contributed by atoms with Crippen LogP contribution in [0.5, 0.6) is 0 Å². The number of hydrogen-bond acceptors (Lipinski definition) is 6. The molecular weight excluding hydrogens is 366 g/mol. The van der Waals surface area contributed by atoms with Crippen LogP contribution in [-0.2, 0) is 13.0 Å². The molecular formula is C21H21N7O. The lowest BCUT2D eigenvalue weighted by Gasteiger charge is -2.10. The minimum atomic E-state index is -0.546. The van der Waals surface area contributed by atoms with Crippen LogP contribution in [0.1, 0.15) is 34.4 Å². The molecule has 0 aliphatic rings. The number of aryl methyl sites for hydroxylation is 2. The van der Waals surface area contributed by atoms with Gasteiger partial charge in [0.25, 0.3) is 5.91 Å². The molecule has 3 heterocycles. The molecule has 3 aromatic heterocycles. The number of carbonyl (C=O) groups excluding carboxylic acids is 1.